The molecule has 208 valence electrons. The number of amides is 1. The molecule has 2 aromatic rings. The smallest absolute Gasteiger partial charge is 0.410 e. The van der Waals surface area contributed by atoms with Crippen LogP contribution in [0.15, 0.2) is 0 Å². The Kier molecular flexibility index (Phi) is 8.04. The molecule has 1 atom stereocenters. The number of aromatic nitrogens is 4. The third kappa shape index (κ3) is 5.73. The number of imidazole rings is 1. The van der Waals surface area contributed by atoms with Crippen molar-refractivity contribution in [1.82, 2.24) is 24.8 Å². The minimum Gasteiger partial charge on any atom is -0.465 e. The molecule has 3 fully saturated rings. The molecule has 10 nitrogen and oxygen atoms in total. The topological polar surface area (TPSA) is 132 Å². The molecule has 1 amide bonds. The number of hydrogen-bond donors (Lipinski definition) is 4. The molecule has 5 rings (SSSR count). The van der Waals surface area contributed by atoms with Crippen molar-refractivity contribution in [2.75, 3.05) is 17.3 Å². The highest BCUT2D eigenvalue weighted by Gasteiger charge is 2.30. The summed E-state index contributed by atoms with van der Waals surface area (Å²) in [7, 11) is 2.16. The van der Waals surface area contributed by atoms with Gasteiger partial charge < -0.3 is 19.9 Å². The van der Waals surface area contributed by atoms with E-state index in [-0.39, 0.29) is 17.7 Å². The number of rotatable bonds is 8. The van der Waals surface area contributed by atoms with Crippen molar-refractivity contribution in [3.05, 3.63) is 5.82 Å². The molecule has 4 N–H and O–H groups in total. The number of carboxylic acid groups (broad SMARTS) is 1. The Balaban J connectivity index is 1.59. The highest BCUT2D eigenvalue weighted by atomic mass is 16.4. The van der Waals surface area contributed by atoms with Crippen LogP contribution in [0, 0.1) is 23.2 Å². The van der Waals surface area contributed by atoms with Gasteiger partial charge in [-0.15, -0.1) is 0 Å². The Morgan fingerprint density at radius 3 is 2.39 bits per heavy atom. The molecule has 0 spiro atoms. The Bertz CT molecular complexity index is 1150. The van der Waals surface area contributed by atoms with E-state index in [1.807, 2.05) is 0 Å². The fourth-order valence-corrected chi connectivity index (χ4v) is 6.52. The molecule has 2 aromatic heterocycles. The Hall–Kier alpha value is -2.91. The fraction of sp³-hybridized carbons (Fsp3) is 0.750. The monoisotopic (exact) mass is 524 g/mol. The van der Waals surface area contributed by atoms with Crippen LogP contribution in [-0.4, -0.2) is 55.7 Å². The quantitative estimate of drug-likeness (QED) is 0.260. The molecule has 3 aliphatic rings. The predicted molar refractivity (Wildman–Crippen MR) is 150 cm³/mol. The molecular formula is C28H44N8O2. The van der Waals surface area contributed by atoms with Gasteiger partial charge in [0.1, 0.15) is 5.52 Å². The molecule has 0 unspecified atom stereocenters. The number of nitrogens with one attached hydrogen (secondary N) is 3. The number of fused-ring (bicyclic) bond motifs is 1. The number of nitrogens with zero attached hydrogens (tertiary/aromatic N) is 5. The van der Waals surface area contributed by atoms with E-state index >= 15 is 0 Å². The third-order valence-electron chi connectivity index (χ3n) is 9.27. The Morgan fingerprint density at radius 1 is 1.05 bits per heavy atom. The first-order valence-corrected chi connectivity index (χ1v) is 14.7. The lowest BCUT2D eigenvalue weighted by Crippen LogP contribution is -2.36. The van der Waals surface area contributed by atoms with Crippen molar-refractivity contribution in [2.45, 2.75) is 110 Å². The van der Waals surface area contributed by atoms with Gasteiger partial charge in [-0.3, -0.25) is 10.7 Å². The second-order valence-corrected chi connectivity index (χ2v) is 12.0. The minimum absolute atomic E-state index is 0.0474. The van der Waals surface area contributed by atoms with Gasteiger partial charge in [-0.25, -0.2) is 14.8 Å². The average molecular weight is 525 g/mol. The summed E-state index contributed by atoms with van der Waals surface area (Å²) in [6.45, 7) is 5.41. The number of amidine groups is 1. The van der Waals surface area contributed by atoms with E-state index in [1.165, 1.54) is 64.2 Å². The van der Waals surface area contributed by atoms with Crippen LogP contribution in [-0.2, 0) is 6.54 Å². The van der Waals surface area contributed by atoms with Crippen LogP contribution in [0.4, 0.5) is 16.6 Å². The lowest BCUT2D eigenvalue weighted by atomic mass is 9.80. The van der Waals surface area contributed by atoms with E-state index < -0.39 is 6.09 Å². The first kappa shape index (κ1) is 26.7. The summed E-state index contributed by atoms with van der Waals surface area (Å²) >= 11 is 0. The maximum atomic E-state index is 11.3. The molecule has 38 heavy (non-hydrogen) atoms. The lowest BCUT2D eigenvalue weighted by Gasteiger charge is -2.34. The first-order chi connectivity index (χ1) is 18.3. The van der Waals surface area contributed by atoms with Gasteiger partial charge in [-0.1, -0.05) is 45.4 Å². The SMILES string of the molecule is CC1CCC(Cn2c(N(C)C3CCCCC3)nc3nc(C(=N)NC(=O)O)nc(N[C@H](C)C4CCC4)c32)CC1. The summed E-state index contributed by atoms with van der Waals surface area (Å²) in [4.78, 5) is 28.0. The van der Waals surface area contributed by atoms with E-state index in [9.17, 15) is 9.90 Å². The van der Waals surface area contributed by atoms with E-state index in [1.54, 1.807) is 0 Å². The zero-order valence-corrected chi connectivity index (χ0v) is 23.2. The molecule has 0 radical (unpaired) electrons. The predicted octanol–water partition coefficient (Wildman–Crippen LogP) is 5.61. The van der Waals surface area contributed by atoms with Crippen molar-refractivity contribution >= 4 is 34.9 Å². The molecular weight excluding hydrogens is 480 g/mol. The molecule has 0 saturated heterocycles. The van der Waals surface area contributed by atoms with Gasteiger partial charge in [0.15, 0.2) is 23.1 Å². The normalized spacial score (nSPS) is 23.6. The van der Waals surface area contributed by atoms with Crippen LogP contribution in [0.1, 0.15) is 96.7 Å². The van der Waals surface area contributed by atoms with Crippen LogP contribution in [0.5, 0.6) is 0 Å². The summed E-state index contributed by atoms with van der Waals surface area (Å²) < 4.78 is 2.33. The van der Waals surface area contributed by atoms with E-state index in [2.05, 4.69) is 46.0 Å². The van der Waals surface area contributed by atoms with Crippen molar-refractivity contribution < 1.29 is 9.90 Å². The molecule has 0 bridgehead atoms. The van der Waals surface area contributed by atoms with Crippen molar-refractivity contribution in [1.29, 1.82) is 5.41 Å². The van der Waals surface area contributed by atoms with Gasteiger partial charge >= 0.3 is 6.09 Å². The highest BCUT2D eigenvalue weighted by Crippen LogP contribution is 2.37. The van der Waals surface area contributed by atoms with Crippen molar-refractivity contribution in [3.63, 3.8) is 0 Å². The largest absolute Gasteiger partial charge is 0.465 e. The lowest BCUT2D eigenvalue weighted by molar-refractivity contribution is 0.200. The summed E-state index contributed by atoms with van der Waals surface area (Å²) in [5, 5.41) is 23.3. The molecule has 2 heterocycles. The van der Waals surface area contributed by atoms with Crippen molar-refractivity contribution in [2.24, 2.45) is 17.8 Å². The summed E-state index contributed by atoms with van der Waals surface area (Å²) in [5.74, 6) is 3.22. The van der Waals surface area contributed by atoms with Crippen LogP contribution in [0.25, 0.3) is 11.2 Å². The van der Waals surface area contributed by atoms with Gasteiger partial charge in [-0.05, 0) is 63.2 Å². The van der Waals surface area contributed by atoms with Gasteiger partial charge in [0.05, 0.1) is 0 Å². The average Bonchev–Trinajstić information content (AvgIpc) is 3.22. The van der Waals surface area contributed by atoms with Crippen LogP contribution >= 0.6 is 0 Å². The Morgan fingerprint density at radius 2 is 1.76 bits per heavy atom. The summed E-state index contributed by atoms with van der Waals surface area (Å²) in [6.07, 6.45) is 13.4. The molecule has 3 aliphatic carbocycles. The minimum atomic E-state index is -1.30. The van der Waals surface area contributed by atoms with Gasteiger partial charge in [0.25, 0.3) is 0 Å². The fourth-order valence-electron chi connectivity index (χ4n) is 6.52. The highest BCUT2D eigenvalue weighted by molar-refractivity contribution is 6.03. The second-order valence-electron chi connectivity index (χ2n) is 12.0. The number of carbonyl (C=O) groups is 1. The first-order valence-electron chi connectivity index (χ1n) is 14.7. The second kappa shape index (κ2) is 11.5. The van der Waals surface area contributed by atoms with Gasteiger partial charge in [0.2, 0.25) is 5.95 Å². The zero-order chi connectivity index (χ0) is 26.8. The Labute approximate surface area is 225 Å². The van der Waals surface area contributed by atoms with E-state index in [0.717, 1.165) is 36.8 Å². The summed E-state index contributed by atoms with van der Waals surface area (Å²) in [5.41, 5.74) is 1.40. The third-order valence-corrected chi connectivity index (χ3v) is 9.27. The molecule has 3 saturated carbocycles. The van der Waals surface area contributed by atoms with Gasteiger partial charge in [-0.2, -0.15) is 4.98 Å². The van der Waals surface area contributed by atoms with Crippen LogP contribution < -0.4 is 15.5 Å². The maximum Gasteiger partial charge on any atom is 0.410 e. The summed E-state index contributed by atoms with van der Waals surface area (Å²) in [6, 6.07) is 0.658. The molecule has 10 heteroatoms. The van der Waals surface area contributed by atoms with E-state index in [0.29, 0.717) is 29.3 Å². The number of anilines is 2. The standard InChI is InChI=1S/C28H44N8O2/c1-17-12-14-19(15-13-17)16-36-22-24(30-18(2)20-8-7-9-20)32-26(23(29)31-28(37)38)33-25(22)34-27(36)35(3)21-10-5-4-6-11-21/h17-21H,4-16H2,1-3H3,(H2,29,31)(H,37,38)(H,30,32,33)/t17?,18-,19?/m1/s1. The van der Waals surface area contributed by atoms with Crippen molar-refractivity contribution in [3.8, 4) is 0 Å². The van der Waals surface area contributed by atoms with Crippen LogP contribution in [0.3, 0.4) is 0 Å². The molecule has 0 aromatic carbocycles. The van der Waals surface area contributed by atoms with Crippen LogP contribution in [0.2, 0.25) is 0 Å². The van der Waals surface area contributed by atoms with Gasteiger partial charge in [0, 0.05) is 25.7 Å². The maximum absolute atomic E-state index is 11.3. The molecule has 0 aliphatic heterocycles. The van der Waals surface area contributed by atoms with E-state index in [4.69, 9.17) is 15.4 Å². The number of hydrogen-bond acceptors (Lipinski definition) is 7. The zero-order valence-electron chi connectivity index (χ0n) is 23.2.